The van der Waals surface area contributed by atoms with Crippen LogP contribution < -0.4 is 5.32 Å². The molecule has 0 heterocycles. The summed E-state index contributed by atoms with van der Waals surface area (Å²) in [7, 11) is -4.50. The summed E-state index contributed by atoms with van der Waals surface area (Å²) in [6, 6.07) is 0. The Morgan fingerprint density at radius 3 is 1.80 bits per heavy atom. The van der Waals surface area contributed by atoms with Gasteiger partial charge in [-0.25, -0.2) is 4.18 Å². The molecule has 0 aliphatic heterocycles. The molecule has 0 aromatic heterocycles. The van der Waals surface area contributed by atoms with Crippen LogP contribution in [0, 0.1) is 0 Å². The molecule has 0 bridgehead atoms. The summed E-state index contributed by atoms with van der Waals surface area (Å²) in [5, 5.41) is 2.74. The quantitative estimate of drug-likeness (QED) is 0.288. The van der Waals surface area contributed by atoms with Crippen LogP contribution >= 0.6 is 0 Å². The lowest BCUT2D eigenvalue weighted by atomic mass is 10.1. The van der Waals surface area contributed by atoms with Gasteiger partial charge >= 0.3 is 10.4 Å². The number of hydrogen-bond donors (Lipinski definition) is 2. The minimum atomic E-state index is -4.50. The van der Waals surface area contributed by atoms with Crippen molar-refractivity contribution in [2.24, 2.45) is 0 Å². The van der Waals surface area contributed by atoms with Crippen molar-refractivity contribution in [1.82, 2.24) is 5.32 Å². The molecule has 25 heavy (non-hydrogen) atoms. The van der Waals surface area contributed by atoms with Gasteiger partial charge in [0, 0.05) is 6.54 Å². The summed E-state index contributed by atoms with van der Waals surface area (Å²) in [4.78, 5) is 11.6. The average Bonchev–Trinajstić information content (AvgIpc) is 2.49. The van der Waals surface area contributed by atoms with E-state index in [1.807, 2.05) is 0 Å². The van der Waals surface area contributed by atoms with Crippen LogP contribution in [0.3, 0.4) is 0 Å². The number of nitrogens with one attached hydrogen (secondary N) is 1. The van der Waals surface area contributed by atoms with E-state index in [1.165, 1.54) is 71.1 Å². The highest BCUT2D eigenvalue weighted by Crippen LogP contribution is 2.11. The Balaban J connectivity index is 3.34. The van der Waals surface area contributed by atoms with E-state index < -0.39 is 16.5 Å². The maximum atomic E-state index is 11.6. The molecule has 0 aromatic carbocycles. The number of hydrogen-bond acceptors (Lipinski definition) is 4. The first kappa shape index (κ1) is 24.3. The van der Waals surface area contributed by atoms with Gasteiger partial charge in [0.15, 0.2) is 0 Å². The molecular weight excluding hydrogens is 342 g/mol. The molecule has 0 fully saturated rings. The third-order valence-corrected chi connectivity index (χ3v) is 4.68. The fourth-order valence-corrected chi connectivity index (χ4v) is 3.25. The normalized spacial score (nSPS) is 12.9. The summed E-state index contributed by atoms with van der Waals surface area (Å²) >= 11 is 0. The fourth-order valence-electron chi connectivity index (χ4n) is 2.77. The smallest absolute Gasteiger partial charge is 0.356 e. The van der Waals surface area contributed by atoms with Crippen LogP contribution in [0.5, 0.6) is 0 Å². The highest BCUT2D eigenvalue weighted by Gasteiger charge is 2.15. The Bertz CT molecular complexity index is 425. The zero-order valence-corrected chi connectivity index (χ0v) is 16.8. The van der Waals surface area contributed by atoms with E-state index in [-0.39, 0.29) is 12.3 Å². The van der Waals surface area contributed by atoms with Crippen LogP contribution in [-0.4, -0.2) is 31.5 Å². The number of unbranched alkanes of at least 4 members (excludes halogenated alkanes) is 11. The average molecular weight is 380 g/mol. The summed E-state index contributed by atoms with van der Waals surface area (Å²) < 4.78 is 33.8. The lowest BCUT2D eigenvalue weighted by Gasteiger charge is -2.10. The Morgan fingerprint density at radius 2 is 1.36 bits per heavy atom. The predicted molar refractivity (Wildman–Crippen MR) is 101 cm³/mol. The Kier molecular flexibility index (Phi) is 15.2. The van der Waals surface area contributed by atoms with Gasteiger partial charge in [-0.1, -0.05) is 77.6 Å². The van der Waals surface area contributed by atoms with Gasteiger partial charge in [-0.2, -0.15) is 8.42 Å². The summed E-state index contributed by atoms with van der Waals surface area (Å²) in [6.45, 7) is 4.26. The molecule has 1 atom stereocenters. The molecule has 1 amide bonds. The second-order valence-electron chi connectivity index (χ2n) is 6.78. The monoisotopic (exact) mass is 379 g/mol. The van der Waals surface area contributed by atoms with Gasteiger partial charge in [0.25, 0.3) is 0 Å². The van der Waals surface area contributed by atoms with E-state index in [9.17, 15) is 13.2 Å². The lowest BCUT2D eigenvalue weighted by molar-refractivity contribution is -0.122. The highest BCUT2D eigenvalue weighted by atomic mass is 32.3. The number of amides is 1. The molecule has 0 spiro atoms. The minimum absolute atomic E-state index is 0.0853. The second kappa shape index (κ2) is 15.6. The number of carbonyl (C=O) groups excluding carboxylic acids is 1. The van der Waals surface area contributed by atoms with Crippen LogP contribution in [-0.2, 0) is 19.4 Å². The first-order valence-corrected chi connectivity index (χ1v) is 11.1. The first-order valence-electron chi connectivity index (χ1n) is 9.77. The van der Waals surface area contributed by atoms with E-state index in [2.05, 4.69) is 16.4 Å². The van der Waals surface area contributed by atoms with Gasteiger partial charge < -0.3 is 5.32 Å². The van der Waals surface area contributed by atoms with Gasteiger partial charge in [0.2, 0.25) is 5.91 Å². The van der Waals surface area contributed by atoms with Gasteiger partial charge in [0.05, 0.1) is 12.5 Å². The topological polar surface area (TPSA) is 92.7 Å². The van der Waals surface area contributed by atoms with E-state index in [4.69, 9.17) is 4.55 Å². The highest BCUT2D eigenvalue weighted by molar-refractivity contribution is 7.80. The molecule has 0 aliphatic rings. The van der Waals surface area contributed by atoms with Crippen LogP contribution in [0.4, 0.5) is 0 Å². The molecule has 0 aliphatic carbocycles. The summed E-state index contributed by atoms with van der Waals surface area (Å²) in [5.41, 5.74) is 0. The molecule has 0 saturated heterocycles. The van der Waals surface area contributed by atoms with Crippen LogP contribution in [0.2, 0.25) is 0 Å². The van der Waals surface area contributed by atoms with Gasteiger partial charge in [-0.3, -0.25) is 9.35 Å². The van der Waals surface area contributed by atoms with Crippen molar-refractivity contribution in [1.29, 1.82) is 0 Å². The molecule has 2 N–H and O–H groups in total. The van der Waals surface area contributed by atoms with Crippen molar-refractivity contribution in [2.45, 2.75) is 103 Å². The third kappa shape index (κ3) is 19.5. The second-order valence-corrected chi connectivity index (χ2v) is 7.83. The van der Waals surface area contributed by atoms with E-state index in [0.717, 1.165) is 12.8 Å². The molecule has 1 unspecified atom stereocenters. The number of rotatable bonds is 17. The van der Waals surface area contributed by atoms with E-state index in [0.29, 0.717) is 6.54 Å². The maximum absolute atomic E-state index is 11.6. The van der Waals surface area contributed by atoms with Crippen LogP contribution in [0.15, 0.2) is 0 Å². The zero-order valence-electron chi connectivity index (χ0n) is 16.0. The van der Waals surface area contributed by atoms with Crippen molar-refractivity contribution in [3.8, 4) is 0 Å². The molecule has 0 aromatic rings. The van der Waals surface area contributed by atoms with Crippen molar-refractivity contribution in [3.63, 3.8) is 0 Å². The van der Waals surface area contributed by atoms with Crippen LogP contribution in [0.25, 0.3) is 0 Å². The molecule has 6 nitrogen and oxygen atoms in total. The first-order chi connectivity index (χ1) is 11.8. The van der Waals surface area contributed by atoms with E-state index >= 15 is 0 Å². The van der Waals surface area contributed by atoms with Crippen LogP contribution in [0.1, 0.15) is 97.3 Å². The molecule has 150 valence electrons. The fraction of sp³-hybridized carbons (Fsp3) is 0.944. The maximum Gasteiger partial charge on any atom is 0.397 e. The zero-order chi connectivity index (χ0) is 19.0. The standard InChI is InChI=1S/C18H37NO5S/c1-3-4-5-6-7-8-9-10-11-12-13-14-15-19-18(20)16-17(2)24-25(21,22)23/h17H,3-16H2,1-2H3,(H,19,20)(H,21,22,23). The van der Waals surface area contributed by atoms with Gasteiger partial charge in [0.1, 0.15) is 0 Å². The van der Waals surface area contributed by atoms with Crippen molar-refractivity contribution < 1.29 is 21.9 Å². The SMILES string of the molecule is CCCCCCCCCCCCCCNC(=O)CC(C)OS(=O)(=O)O. The lowest BCUT2D eigenvalue weighted by Crippen LogP contribution is -2.29. The van der Waals surface area contributed by atoms with Crippen molar-refractivity contribution >= 4 is 16.3 Å². The predicted octanol–water partition coefficient (Wildman–Crippen LogP) is 4.40. The molecule has 0 radical (unpaired) electrons. The Morgan fingerprint density at radius 1 is 0.920 bits per heavy atom. The number of carbonyl (C=O) groups is 1. The van der Waals surface area contributed by atoms with E-state index in [1.54, 1.807) is 0 Å². The van der Waals surface area contributed by atoms with Gasteiger partial charge in [-0.15, -0.1) is 0 Å². The molecule has 0 saturated carbocycles. The largest absolute Gasteiger partial charge is 0.397 e. The van der Waals surface area contributed by atoms with Gasteiger partial charge in [-0.05, 0) is 13.3 Å². The molecule has 0 rings (SSSR count). The Labute approximate surface area is 154 Å². The summed E-state index contributed by atoms with van der Waals surface area (Å²) in [6.07, 6.45) is 14.3. The minimum Gasteiger partial charge on any atom is -0.356 e. The summed E-state index contributed by atoms with van der Waals surface area (Å²) in [5.74, 6) is -0.265. The third-order valence-electron chi connectivity index (χ3n) is 4.11. The van der Waals surface area contributed by atoms with Crippen molar-refractivity contribution in [3.05, 3.63) is 0 Å². The molecule has 7 heteroatoms. The Hall–Kier alpha value is -0.660. The molecular formula is C18H37NO5S. The van der Waals surface area contributed by atoms with Crippen molar-refractivity contribution in [2.75, 3.05) is 6.54 Å².